The minimum atomic E-state index is 0.238. The predicted octanol–water partition coefficient (Wildman–Crippen LogP) is 2.46. The molecule has 0 aromatic carbocycles. The summed E-state index contributed by atoms with van der Waals surface area (Å²) in [5, 5.41) is 6.33. The molecule has 100 valence electrons. The van der Waals surface area contributed by atoms with Gasteiger partial charge in [-0.3, -0.25) is 4.79 Å². The molecule has 0 bridgehead atoms. The van der Waals surface area contributed by atoms with Gasteiger partial charge in [0.05, 0.1) is 0 Å². The van der Waals surface area contributed by atoms with Crippen LogP contribution >= 0.6 is 0 Å². The van der Waals surface area contributed by atoms with E-state index in [1.54, 1.807) is 0 Å². The third kappa shape index (κ3) is 6.67. The van der Waals surface area contributed by atoms with Gasteiger partial charge in [0.15, 0.2) is 0 Å². The maximum atomic E-state index is 11.8. The molecular weight excluding hydrogens is 212 g/mol. The van der Waals surface area contributed by atoms with E-state index in [0.717, 1.165) is 19.5 Å². The van der Waals surface area contributed by atoms with Crippen molar-refractivity contribution in [3.8, 4) is 0 Å². The average Bonchev–Trinajstić information content (AvgIpc) is 2.55. The lowest BCUT2D eigenvalue weighted by molar-refractivity contribution is -0.122. The van der Waals surface area contributed by atoms with E-state index in [2.05, 4.69) is 24.5 Å². The summed E-state index contributed by atoms with van der Waals surface area (Å²) in [4.78, 5) is 11.8. The van der Waals surface area contributed by atoms with Crippen molar-refractivity contribution in [2.45, 2.75) is 64.8 Å². The molecule has 1 atom stereocenters. The Labute approximate surface area is 106 Å². The summed E-state index contributed by atoms with van der Waals surface area (Å²) < 4.78 is 0. The first-order valence-electron chi connectivity index (χ1n) is 7.22. The maximum absolute atomic E-state index is 11.8. The topological polar surface area (TPSA) is 41.1 Å². The van der Waals surface area contributed by atoms with Crippen molar-refractivity contribution in [1.82, 2.24) is 10.6 Å². The zero-order valence-corrected chi connectivity index (χ0v) is 11.4. The van der Waals surface area contributed by atoms with Crippen LogP contribution in [0, 0.1) is 5.92 Å². The van der Waals surface area contributed by atoms with Crippen LogP contribution in [-0.4, -0.2) is 25.0 Å². The molecule has 1 rings (SSSR count). The van der Waals surface area contributed by atoms with Gasteiger partial charge in [-0.1, -0.05) is 32.6 Å². The van der Waals surface area contributed by atoms with Gasteiger partial charge in [-0.05, 0) is 32.2 Å². The number of likely N-dealkylation sites (N-methyl/N-ethyl adjacent to an activating group) is 1. The van der Waals surface area contributed by atoms with Crippen LogP contribution in [0.5, 0.6) is 0 Å². The van der Waals surface area contributed by atoms with Gasteiger partial charge in [0.2, 0.25) is 5.91 Å². The van der Waals surface area contributed by atoms with E-state index in [1.165, 1.54) is 38.5 Å². The van der Waals surface area contributed by atoms with Crippen LogP contribution in [-0.2, 0) is 4.79 Å². The molecule has 0 heterocycles. The number of hydrogen-bond donors (Lipinski definition) is 2. The van der Waals surface area contributed by atoms with Crippen LogP contribution in [0.2, 0.25) is 0 Å². The fraction of sp³-hybridized carbons (Fsp3) is 0.929. The van der Waals surface area contributed by atoms with E-state index in [4.69, 9.17) is 0 Å². The molecule has 0 unspecified atom stereocenters. The Morgan fingerprint density at radius 1 is 1.24 bits per heavy atom. The fourth-order valence-electron chi connectivity index (χ4n) is 2.59. The number of hydrogen-bond acceptors (Lipinski definition) is 2. The van der Waals surface area contributed by atoms with Crippen molar-refractivity contribution in [3.63, 3.8) is 0 Å². The summed E-state index contributed by atoms with van der Waals surface area (Å²) in [5.41, 5.74) is 0. The lowest BCUT2D eigenvalue weighted by Gasteiger charge is -2.16. The second kappa shape index (κ2) is 8.51. The molecule has 0 aromatic rings. The Kier molecular flexibility index (Phi) is 7.25. The third-order valence-electron chi connectivity index (χ3n) is 3.61. The Hall–Kier alpha value is -0.570. The molecule has 0 spiro atoms. The smallest absolute Gasteiger partial charge is 0.220 e. The third-order valence-corrected chi connectivity index (χ3v) is 3.61. The summed E-state index contributed by atoms with van der Waals surface area (Å²) in [5.74, 6) is 0.869. The highest BCUT2D eigenvalue weighted by Gasteiger charge is 2.16. The SMILES string of the molecule is CCN[C@H](C)CNC(=O)CC1CCCCCC1. The van der Waals surface area contributed by atoms with Crippen molar-refractivity contribution in [3.05, 3.63) is 0 Å². The molecule has 3 heteroatoms. The van der Waals surface area contributed by atoms with E-state index in [1.807, 2.05) is 0 Å². The van der Waals surface area contributed by atoms with Gasteiger partial charge in [0.25, 0.3) is 0 Å². The van der Waals surface area contributed by atoms with Gasteiger partial charge in [-0.15, -0.1) is 0 Å². The lowest BCUT2D eigenvalue weighted by atomic mass is 9.96. The second-order valence-electron chi connectivity index (χ2n) is 5.32. The normalized spacial score (nSPS) is 19.6. The summed E-state index contributed by atoms with van der Waals surface area (Å²) in [6.07, 6.45) is 8.56. The van der Waals surface area contributed by atoms with E-state index >= 15 is 0 Å². The van der Waals surface area contributed by atoms with Crippen molar-refractivity contribution < 1.29 is 4.79 Å². The molecule has 1 amide bonds. The Morgan fingerprint density at radius 2 is 1.88 bits per heavy atom. The molecule has 0 aromatic heterocycles. The molecule has 0 aliphatic heterocycles. The lowest BCUT2D eigenvalue weighted by Crippen LogP contribution is -2.39. The van der Waals surface area contributed by atoms with Crippen LogP contribution in [0.15, 0.2) is 0 Å². The standard InChI is InChI=1S/C14H28N2O/c1-3-15-12(2)11-16-14(17)10-13-8-6-4-5-7-9-13/h12-13,15H,3-11H2,1-2H3,(H,16,17)/t12-/m1/s1. The summed E-state index contributed by atoms with van der Waals surface area (Å²) in [7, 11) is 0. The number of carbonyl (C=O) groups is 1. The molecule has 0 radical (unpaired) electrons. The fourth-order valence-corrected chi connectivity index (χ4v) is 2.59. The van der Waals surface area contributed by atoms with Crippen molar-refractivity contribution in [1.29, 1.82) is 0 Å². The molecule has 1 aliphatic carbocycles. The summed E-state index contributed by atoms with van der Waals surface area (Å²) >= 11 is 0. The molecule has 2 N–H and O–H groups in total. The number of rotatable bonds is 6. The van der Waals surface area contributed by atoms with Gasteiger partial charge >= 0.3 is 0 Å². The molecule has 3 nitrogen and oxygen atoms in total. The molecule has 1 aliphatic rings. The minimum Gasteiger partial charge on any atom is -0.355 e. The van der Waals surface area contributed by atoms with E-state index < -0.39 is 0 Å². The molecule has 0 saturated heterocycles. The van der Waals surface area contributed by atoms with Gasteiger partial charge in [-0.2, -0.15) is 0 Å². The highest BCUT2D eigenvalue weighted by molar-refractivity contribution is 5.76. The van der Waals surface area contributed by atoms with E-state index in [9.17, 15) is 4.79 Å². The van der Waals surface area contributed by atoms with Crippen LogP contribution in [0.1, 0.15) is 58.8 Å². The molecular formula is C14H28N2O. The largest absolute Gasteiger partial charge is 0.355 e. The maximum Gasteiger partial charge on any atom is 0.220 e. The zero-order valence-electron chi connectivity index (χ0n) is 11.4. The van der Waals surface area contributed by atoms with E-state index in [0.29, 0.717) is 12.0 Å². The van der Waals surface area contributed by atoms with Crippen LogP contribution < -0.4 is 10.6 Å². The highest BCUT2D eigenvalue weighted by Crippen LogP contribution is 2.25. The quantitative estimate of drug-likeness (QED) is 0.700. The highest BCUT2D eigenvalue weighted by atomic mass is 16.1. The monoisotopic (exact) mass is 240 g/mol. The average molecular weight is 240 g/mol. The van der Waals surface area contributed by atoms with Gasteiger partial charge in [0.1, 0.15) is 0 Å². The van der Waals surface area contributed by atoms with Crippen molar-refractivity contribution in [2.75, 3.05) is 13.1 Å². The van der Waals surface area contributed by atoms with Crippen LogP contribution in [0.25, 0.3) is 0 Å². The zero-order chi connectivity index (χ0) is 12.5. The second-order valence-corrected chi connectivity index (χ2v) is 5.32. The first-order chi connectivity index (χ1) is 8.22. The number of nitrogens with one attached hydrogen (secondary N) is 2. The number of carbonyl (C=O) groups excluding carboxylic acids is 1. The predicted molar refractivity (Wildman–Crippen MR) is 72.0 cm³/mol. The van der Waals surface area contributed by atoms with Crippen LogP contribution in [0.3, 0.4) is 0 Å². The Morgan fingerprint density at radius 3 is 2.47 bits per heavy atom. The van der Waals surface area contributed by atoms with Crippen molar-refractivity contribution in [2.24, 2.45) is 5.92 Å². The number of amides is 1. The first kappa shape index (κ1) is 14.5. The van der Waals surface area contributed by atoms with Gasteiger partial charge in [-0.25, -0.2) is 0 Å². The van der Waals surface area contributed by atoms with Crippen LogP contribution in [0.4, 0.5) is 0 Å². The minimum absolute atomic E-state index is 0.238. The van der Waals surface area contributed by atoms with Gasteiger partial charge in [0, 0.05) is 19.0 Å². The van der Waals surface area contributed by atoms with Crippen molar-refractivity contribution >= 4 is 5.91 Å². The van der Waals surface area contributed by atoms with E-state index in [-0.39, 0.29) is 5.91 Å². The molecule has 1 fully saturated rings. The van der Waals surface area contributed by atoms with Gasteiger partial charge < -0.3 is 10.6 Å². The molecule has 17 heavy (non-hydrogen) atoms. The summed E-state index contributed by atoms with van der Waals surface area (Å²) in [6.45, 7) is 5.90. The molecule has 1 saturated carbocycles. The Bertz CT molecular complexity index is 210. The first-order valence-corrected chi connectivity index (χ1v) is 7.22. The Balaban J connectivity index is 2.14. The summed E-state index contributed by atoms with van der Waals surface area (Å²) in [6, 6.07) is 0.373.